The number of carbonyl (C=O) groups is 1. The minimum absolute atomic E-state index is 0.303. The van der Waals surface area contributed by atoms with Crippen molar-refractivity contribution in [3.8, 4) is 35.0 Å². The third kappa shape index (κ3) is 3.32. The molecule has 162 valence electrons. The fourth-order valence-corrected chi connectivity index (χ4v) is 3.03. The highest BCUT2D eigenvalue weighted by atomic mass is 19.3. The lowest BCUT2D eigenvalue weighted by molar-refractivity contribution is -0.192. The lowest BCUT2D eigenvalue weighted by Gasteiger charge is -2.32. The number of ether oxygens (including phenoxy) is 2. The molecule has 1 heterocycles. The summed E-state index contributed by atoms with van der Waals surface area (Å²) in [6, 6.07) is 0.842. The minimum Gasteiger partial charge on any atom is -0.484 e. The molecule has 0 N–H and O–H groups in total. The van der Waals surface area contributed by atoms with Gasteiger partial charge in [0.15, 0.2) is 23.1 Å². The van der Waals surface area contributed by atoms with Gasteiger partial charge in [0.05, 0.1) is 23.9 Å². The molecule has 0 unspecified atom stereocenters. The van der Waals surface area contributed by atoms with Crippen molar-refractivity contribution < 1.29 is 45.0 Å². The number of amides is 1. The van der Waals surface area contributed by atoms with Crippen LogP contribution in [0.15, 0.2) is 12.1 Å². The van der Waals surface area contributed by atoms with Gasteiger partial charge in [-0.05, 0) is 18.9 Å². The van der Waals surface area contributed by atoms with Gasteiger partial charge in [-0.15, -0.1) is 6.42 Å². The first kappa shape index (κ1) is 20.8. The number of benzene rings is 2. The molecule has 31 heavy (non-hydrogen) atoms. The number of terminal acetylenes is 1. The van der Waals surface area contributed by atoms with Crippen LogP contribution in [0.2, 0.25) is 0 Å². The average molecular weight is 445 g/mol. The number of hydrogen-bond acceptors (Lipinski definition) is 3. The molecule has 1 aliphatic carbocycles. The summed E-state index contributed by atoms with van der Waals surface area (Å²) in [5.74, 6) is -11.4. The molecule has 1 saturated carbocycles. The van der Waals surface area contributed by atoms with E-state index in [0.29, 0.717) is 29.9 Å². The van der Waals surface area contributed by atoms with Gasteiger partial charge in [0.25, 0.3) is 0 Å². The van der Waals surface area contributed by atoms with E-state index in [1.807, 2.05) is 5.92 Å². The minimum atomic E-state index is -4.38. The lowest BCUT2D eigenvalue weighted by Crippen LogP contribution is -2.51. The molecule has 4 rings (SSSR count). The molecule has 1 fully saturated rings. The van der Waals surface area contributed by atoms with Gasteiger partial charge >= 0.3 is 12.0 Å². The van der Waals surface area contributed by atoms with Crippen molar-refractivity contribution in [2.45, 2.75) is 25.1 Å². The standard InChI is InChI=1S/C20H10F7NO3/c1-2-5-28-11-6-9(10(21)7-12(11)31-20(26,27)19(28)29)13-14(22)16(24)18(17(25)15(13)23)30-8-3-4-8/h1,6-8H,3-5H2. The average Bonchev–Trinajstić information content (AvgIpc) is 3.52. The van der Waals surface area contributed by atoms with Crippen LogP contribution in [0, 0.1) is 41.4 Å². The third-order valence-electron chi connectivity index (χ3n) is 4.62. The Morgan fingerprint density at radius 1 is 1.10 bits per heavy atom. The summed E-state index contributed by atoms with van der Waals surface area (Å²) in [6.07, 6.45) is 0.953. The summed E-state index contributed by atoms with van der Waals surface area (Å²) in [5, 5.41) is 0. The Bertz CT molecular complexity index is 1130. The second kappa shape index (κ2) is 7.08. The van der Waals surface area contributed by atoms with E-state index in [-0.39, 0.29) is 0 Å². The van der Waals surface area contributed by atoms with Crippen molar-refractivity contribution in [1.82, 2.24) is 0 Å². The highest BCUT2D eigenvalue weighted by Crippen LogP contribution is 2.45. The van der Waals surface area contributed by atoms with Gasteiger partial charge in [-0.25, -0.2) is 13.2 Å². The fourth-order valence-electron chi connectivity index (χ4n) is 3.03. The molecule has 0 bridgehead atoms. The van der Waals surface area contributed by atoms with Crippen molar-refractivity contribution >= 4 is 11.6 Å². The first-order valence-corrected chi connectivity index (χ1v) is 8.75. The van der Waals surface area contributed by atoms with Crippen LogP contribution in [0.5, 0.6) is 11.5 Å². The van der Waals surface area contributed by atoms with Crippen LogP contribution >= 0.6 is 0 Å². The summed E-state index contributed by atoms with van der Waals surface area (Å²) in [5.41, 5.74) is -3.07. The highest BCUT2D eigenvalue weighted by Gasteiger charge is 2.51. The van der Waals surface area contributed by atoms with Gasteiger partial charge in [0, 0.05) is 11.6 Å². The van der Waals surface area contributed by atoms with Crippen molar-refractivity contribution in [3.05, 3.63) is 41.2 Å². The number of alkyl halides is 2. The van der Waals surface area contributed by atoms with Crippen molar-refractivity contribution in [2.24, 2.45) is 0 Å². The smallest absolute Gasteiger partial charge is 0.483 e. The van der Waals surface area contributed by atoms with Crippen LogP contribution in [-0.4, -0.2) is 24.7 Å². The number of carbonyl (C=O) groups excluding carboxylic acids is 1. The number of fused-ring (bicyclic) bond motifs is 1. The number of hydrogen-bond donors (Lipinski definition) is 0. The molecule has 0 radical (unpaired) electrons. The number of nitrogens with zero attached hydrogens (tertiary/aromatic N) is 1. The summed E-state index contributed by atoms with van der Waals surface area (Å²) in [6.45, 7) is -0.724. The van der Waals surface area contributed by atoms with Crippen molar-refractivity contribution in [3.63, 3.8) is 0 Å². The molecule has 0 atom stereocenters. The normalized spacial score (nSPS) is 17.1. The fraction of sp³-hybridized carbons (Fsp3) is 0.250. The largest absolute Gasteiger partial charge is 0.484 e. The van der Waals surface area contributed by atoms with Gasteiger partial charge in [-0.3, -0.25) is 9.69 Å². The van der Waals surface area contributed by atoms with Crippen molar-refractivity contribution in [1.29, 1.82) is 0 Å². The van der Waals surface area contributed by atoms with Crippen molar-refractivity contribution in [2.75, 3.05) is 11.4 Å². The molecular weight excluding hydrogens is 435 g/mol. The first-order chi connectivity index (χ1) is 14.6. The van der Waals surface area contributed by atoms with E-state index in [1.165, 1.54) is 0 Å². The summed E-state index contributed by atoms with van der Waals surface area (Å²) >= 11 is 0. The monoisotopic (exact) mass is 445 g/mol. The lowest BCUT2D eigenvalue weighted by atomic mass is 10.0. The molecule has 4 nitrogen and oxygen atoms in total. The Kier molecular flexibility index (Phi) is 4.76. The molecule has 1 amide bonds. The highest BCUT2D eigenvalue weighted by molar-refractivity contribution is 6.02. The molecular formula is C20H10F7NO3. The Morgan fingerprint density at radius 3 is 2.26 bits per heavy atom. The van der Waals surface area contributed by atoms with Crippen LogP contribution in [0.4, 0.5) is 36.4 Å². The molecule has 2 aromatic rings. The summed E-state index contributed by atoms with van der Waals surface area (Å²) in [7, 11) is 0. The van der Waals surface area contributed by atoms with E-state index >= 15 is 0 Å². The van der Waals surface area contributed by atoms with Crippen LogP contribution in [0.25, 0.3) is 11.1 Å². The predicted octanol–water partition coefficient (Wildman–Crippen LogP) is 4.54. The first-order valence-electron chi connectivity index (χ1n) is 8.75. The molecule has 0 saturated heterocycles. The summed E-state index contributed by atoms with van der Waals surface area (Å²) < 4.78 is 109. The van der Waals surface area contributed by atoms with Crippen LogP contribution in [0.1, 0.15) is 12.8 Å². The Morgan fingerprint density at radius 2 is 1.71 bits per heavy atom. The SMILES string of the molecule is C#CCN1C(=O)C(F)(F)Oc2cc(F)c(-c3c(F)c(F)c(OC4CC4)c(F)c3F)cc21. The number of rotatable bonds is 4. The molecule has 0 aromatic heterocycles. The second-order valence-electron chi connectivity index (χ2n) is 6.79. The van der Waals surface area contributed by atoms with E-state index in [0.717, 1.165) is 0 Å². The second-order valence-corrected chi connectivity index (χ2v) is 6.79. The van der Waals surface area contributed by atoms with Crippen LogP contribution < -0.4 is 14.4 Å². The zero-order chi connectivity index (χ0) is 22.7. The van der Waals surface area contributed by atoms with E-state index in [4.69, 9.17) is 11.2 Å². The van der Waals surface area contributed by atoms with Gasteiger partial charge in [-0.1, -0.05) is 5.92 Å². The molecule has 2 aliphatic rings. The predicted molar refractivity (Wildman–Crippen MR) is 92.1 cm³/mol. The topological polar surface area (TPSA) is 38.8 Å². The van der Waals surface area contributed by atoms with E-state index in [1.54, 1.807) is 0 Å². The maximum Gasteiger partial charge on any atom is 0.483 e. The Labute approximate surface area is 170 Å². The van der Waals surface area contributed by atoms with Gasteiger partial charge in [-0.2, -0.15) is 17.6 Å². The van der Waals surface area contributed by atoms with E-state index < -0.39 is 82.1 Å². The quantitative estimate of drug-likeness (QED) is 0.394. The van der Waals surface area contributed by atoms with Crippen LogP contribution in [0.3, 0.4) is 0 Å². The third-order valence-corrected chi connectivity index (χ3v) is 4.62. The molecule has 2 aromatic carbocycles. The summed E-state index contributed by atoms with van der Waals surface area (Å²) in [4.78, 5) is 12.2. The number of halogens is 7. The van der Waals surface area contributed by atoms with Gasteiger partial charge in [0.2, 0.25) is 11.6 Å². The number of anilines is 1. The molecule has 1 aliphatic heterocycles. The zero-order valence-electron chi connectivity index (χ0n) is 15.2. The van der Waals surface area contributed by atoms with Gasteiger partial charge < -0.3 is 9.47 Å². The van der Waals surface area contributed by atoms with E-state index in [2.05, 4.69) is 4.74 Å². The molecule has 11 heteroatoms. The Hall–Kier alpha value is -3.42. The molecule has 0 spiro atoms. The van der Waals surface area contributed by atoms with Crippen LogP contribution in [-0.2, 0) is 4.79 Å². The Balaban J connectivity index is 1.91. The van der Waals surface area contributed by atoms with Gasteiger partial charge in [0.1, 0.15) is 5.82 Å². The van der Waals surface area contributed by atoms with E-state index in [9.17, 15) is 35.5 Å². The zero-order valence-corrected chi connectivity index (χ0v) is 15.2. The maximum absolute atomic E-state index is 14.6. The maximum atomic E-state index is 14.6.